The Morgan fingerprint density at radius 3 is 2.65 bits per heavy atom. The van der Waals surface area contributed by atoms with Gasteiger partial charge in [0.25, 0.3) is 5.69 Å². The number of sulfonamides is 1. The highest BCUT2D eigenvalue weighted by Crippen LogP contribution is 2.24. The maximum Gasteiger partial charge on any atom is 0.288 e. The van der Waals surface area contributed by atoms with Gasteiger partial charge in [-0.2, -0.15) is 5.10 Å². The number of hydrogen-bond donors (Lipinski definition) is 2. The van der Waals surface area contributed by atoms with Crippen LogP contribution in [0.4, 0.5) is 11.5 Å². The predicted molar refractivity (Wildman–Crippen MR) is 84.9 cm³/mol. The zero-order valence-electron chi connectivity index (χ0n) is 11.4. The second kappa shape index (κ2) is 6.69. The summed E-state index contributed by atoms with van der Waals surface area (Å²) >= 11 is 5.70. The molecule has 0 radical (unpaired) electrons. The summed E-state index contributed by atoms with van der Waals surface area (Å²) < 4.78 is 22.2. The Hall–Kier alpha value is -2.56. The van der Waals surface area contributed by atoms with E-state index in [0.29, 0.717) is 5.56 Å². The number of rotatable bonds is 5. The van der Waals surface area contributed by atoms with Crippen LogP contribution in [0.2, 0.25) is 5.02 Å². The maximum atomic E-state index is 11.1. The number of anilines is 1. The van der Waals surface area contributed by atoms with E-state index in [0.717, 1.165) is 6.20 Å². The molecule has 9 nitrogen and oxygen atoms in total. The molecule has 0 aliphatic rings. The molecule has 0 unspecified atom stereocenters. The first-order valence-corrected chi connectivity index (χ1v) is 7.91. The Labute approximate surface area is 136 Å². The maximum absolute atomic E-state index is 11.1. The van der Waals surface area contributed by atoms with Crippen LogP contribution in [0.15, 0.2) is 46.5 Å². The zero-order chi connectivity index (χ0) is 17.0. The van der Waals surface area contributed by atoms with Gasteiger partial charge in [-0.05, 0) is 18.2 Å². The summed E-state index contributed by atoms with van der Waals surface area (Å²) in [7, 11) is -3.81. The molecule has 0 saturated carbocycles. The van der Waals surface area contributed by atoms with E-state index >= 15 is 0 Å². The monoisotopic (exact) mass is 355 g/mol. The number of nitrogens with zero attached hydrogens (tertiary/aromatic N) is 3. The van der Waals surface area contributed by atoms with Crippen LogP contribution in [0.3, 0.4) is 0 Å². The van der Waals surface area contributed by atoms with E-state index in [1.807, 2.05) is 0 Å². The third kappa shape index (κ3) is 4.45. The van der Waals surface area contributed by atoms with Gasteiger partial charge in [-0.25, -0.2) is 18.5 Å². The highest BCUT2D eigenvalue weighted by molar-refractivity contribution is 7.89. The molecule has 0 spiro atoms. The molecule has 0 aliphatic heterocycles. The van der Waals surface area contributed by atoms with Crippen molar-refractivity contribution in [3.05, 3.63) is 57.2 Å². The van der Waals surface area contributed by atoms with Crippen LogP contribution < -0.4 is 10.6 Å². The molecule has 0 fully saturated rings. The van der Waals surface area contributed by atoms with Crippen molar-refractivity contribution in [3.8, 4) is 0 Å². The lowest BCUT2D eigenvalue weighted by Gasteiger charge is -2.01. The number of aromatic nitrogens is 1. The molecule has 1 aromatic heterocycles. The fraction of sp³-hybridized carbons (Fsp3) is 0. The Balaban J connectivity index is 2.10. The van der Waals surface area contributed by atoms with Crippen molar-refractivity contribution < 1.29 is 13.3 Å². The highest BCUT2D eigenvalue weighted by atomic mass is 35.5. The molecule has 0 saturated heterocycles. The van der Waals surface area contributed by atoms with Gasteiger partial charge in [0, 0.05) is 17.8 Å². The second-order valence-corrected chi connectivity index (χ2v) is 6.23. The van der Waals surface area contributed by atoms with Crippen molar-refractivity contribution in [2.75, 3.05) is 5.43 Å². The smallest absolute Gasteiger partial charge is 0.261 e. The topological polar surface area (TPSA) is 141 Å². The van der Waals surface area contributed by atoms with Crippen molar-refractivity contribution in [1.29, 1.82) is 0 Å². The number of benzene rings is 1. The number of pyridine rings is 1. The molecule has 3 N–H and O–H groups in total. The van der Waals surface area contributed by atoms with Gasteiger partial charge < -0.3 is 0 Å². The molecule has 0 atom stereocenters. The SMILES string of the molecule is NS(=O)(=O)c1ccc(N/N=C/c2ccc(Cl)c([N+](=O)[O-])c2)nc1. The van der Waals surface area contributed by atoms with Crippen molar-refractivity contribution in [2.45, 2.75) is 4.90 Å². The van der Waals surface area contributed by atoms with Gasteiger partial charge in [0.15, 0.2) is 0 Å². The van der Waals surface area contributed by atoms with Crippen LogP contribution in [0, 0.1) is 10.1 Å². The average molecular weight is 356 g/mol. The Bertz CT molecular complexity index is 868. The molecule has 120 valence electrons. The lowest BCUT2D eigenvalue weighted by molar-refractivity contribution is -0.384. The third-order valence-electron chi connectivity index (χ3n) is 2.62. The van der Waals surface area contributed by atoms with E-state index in [9.17, 15) is 18.5 Å². The largest absolute Gasteiger partial charge is 0.288 e. The molecular weight excluding hydrogens is 346 g/mol. The summed E-state index contributed by atoms with van der Waals surface area (Å²) in [6.45, 7) is 0. The van der Waals surface area contributed by atoms with Crippen LogP contribution >= 0.6 is 11.6 Å². The van der Waals surface area contributed by atoms with Crippen molar-refractivity contribution in [1.82, 2.24) is 4.98 Å². The third-order valence-corrected chi connectivity index (χ3v) is 3.84. The lowest BCUT2D eigenvalue weighted by Crippen LogP contribution is -2.12. The fourth-order valence-corrected chi connectivity index (χ4v) is 2.18. The number of nitrogens with one attached hydrogen (secondary N) is 1. The van der Waals surface area contributed by atoms with E-state index < -0.39 is 14.9 Å². The second-order valence-electron chi connectivity index (χ2n) is 4.26. The Kier molecular flexibility index (Phi) is 4.89. The van der Waals surface area contributed by atoms with Crippen LogP contribution in [0.5, 0.6) is 0 Å². The lowest BCUT2D eigenvalue weighted by atomic mass is 10.2. The van der Waals surface area contributed by atoms with Gasteiger partial charge in [-0.3, -0.25) is 15.5 Å². The molecule has 0 aliphatic carbocycles. The van der Waals surface area contributed by atoms with E-state index in [2.05, 4.69) is 15.5 Å². The minimum atomic E-state index is -3.81. The first-order chi connectivity index (χ1) is 10.8. The summed E-state index contributed by atoms with van der Waals surface area (Å²) in [6, 6.07) is 6.86. The number of hydrazone groups is 1. The normalized spacial score (nSPS) is 11.6. The first kappa shape index (κ1) is 16.8. The minimum absolute atomic E-state index is 0.0281. The van der Waals surface area contributed by atoms with Crippen LogP contribution in [0.25, 0.3) is 0 Å². The molecule has 1 heterocycles. The molecule has 2 aromatic rings. The Morgan fingerprint density at radius 2 is 2.09 bits per heavy atom. The number of nitro groups is 1. The number of nitrogens with two attached hydrogens (primary N) is 1. The number of hydrogen-bond acceptors (Lipinski definition) is 7. The van der Waals surface area contributed by atoms with Gasteiger partial charge in [-0.15, -0.1) is 0 Å². The summed E-state index contributed by atoms with van der Waals surface area (Å²) in [5.41, 5.74) is 2.78. The zero-order valence-corrected chi connectivity index (χ0v) is 13.0. The number of nitro benzene ring substituents is 1. The highest BCUT2D eigenvalue weighted by Gasteiger charge is 2.11. The standard InChI is InChI=1S/C12H10ClN5O4S/c13-10-3-1-8(5-11(10)18(19)20)6-16-17-12-4-2-9(7-15-12)23(14,21)22/h1-7H,(H,15,17)(H2,14,21,22)/b16-6+. The van der Waals surface area contributed by atoms with E-state index in [1.165, 1.54) is 30.5 Å². The van der Waals surface area contributed by atoms with Crippen LogP contribution in [0.1, 0.15) is 5.56 Å². The molecular formula is C12H10ClN5O4S. The molecule has 2 rings (SSSR count). The summed E-state index contributed by atoms with van der Waals surface area (Å²) in [4.78, 5) is 13.9. The molecule has 23 heavy (non-hydrogen) atoms. The quantitative estimate of drug-likeness (QED) is 0.475. The van der Waals surface area contributed by atoms with Gasteiger partial charge in [-0.1, -0.05) is 17.7 Å². The average Bonchev–Trinajstić information content (AvgIpc) is 2.48. The van der Waals surface area contributed by atoms with E-state index in [1.54, 1.807) is 6.07 Å². The molecule has 0 bridgehead atoms. The molecule has 11 heteroatoms. The van der Waals surface area contributed by atoms with Crippen molar-refractivity contribution in [3.63, 3.8) is 0 Å². The number of halogens is 1. The van der Waals surface area contributed by atoms with E-state index in [-0.39, 0.29) is 21.4 Å². The van der Waals surface area contributed by atoms with Gasteiger partial charge >= 0.3 is 0 Å². The summed E-state index contributed by atoms with van der Waals surface area (Å²) in [6.07, 6.45) is 2.42. The fourth-order valence-electron chi connectivity index (χ4n) is 1.54. The summed E-state index contributed by atoms with van der Waals surface area (Å²) in [5.74, 6) is 0.275. The van der Waals surface area contributed by atoms with Gasteiger partial charge in [0.1, 0.15) is 15.7 Å². The minimum Gasteiger partial charge on any atom is -0.261 e. The number of primary sulfonamides is 1. The molecule has 1 aromatic carbocycles. The summed E-state index contributed by atoms with van der Waals surface area (Å²) in [5, 5.41) is 19.6. The van der Waals surface area contributed by atoms with Crippen LogP contribution in [-0.2, 0) is 10.0 Å². The van der Waals surface area contributed by atoms with Crippen LogP contribution in [-0.4, -0.2) is 24.5 Å². The van der Waals surface area contributed by atoms with E-state index in [4.69, 9.17) is 16.7 Å². The first-order valence-electron chi connectivity index (χ1n) is 5.99. The Morgan fingerprint density at radius 1 is 1.35 bits per heavy atom. The molecule has 0 amide bonds. The van der Waals surface area contributed by atoms with Crippen molar-refractivity contribution in [2.24, 2.45) is 10.2 Å². The van der Waals surface area contributed by atoms with Gasteiger partial charge in [0.05, 0.1) is 11.1 Å². The van der Waals surface area contributed by atoms with Gasteiger partial charge in [0.2, 0.25) is 10.0 Å². The van der Waals surface area contributed by atoms with Crippen molar-refractivity contribution >= 4 is 39.3 Å². The predicted octanol–water partition coefficient (Wildman–Crippen LogP) is 1.74.